The summed E-state index contributed by atoms with van der Waals surface area (Å²) < 4.78 is 0. The zero-order chi connectivity index (χ0) is 20.1. The lowest BCUT2D eigenvalue weighted by atomic mass is 9.89. The molecule has 2 fully saturated rings. The number of rotatable bonds is 4. The molecule has 2 amide bonds. The highest BCUT2D eigenvalue weighted by atomic mass is 16.2. The van der Waals surface area contributed by atoms with Crippen molar-refractivity contribution in [2.24, 2.45) is 11.8 Å². The van der Waals surface area contributed by atoms with Gasteiger partial charge in [-0.3, -0.25) is 9.59 Å². The van der Waals surface area contributed by atoms with Crippen LogP contribution in [0.2, 0.25) is 0 Å². The number of nitrogens with zero attached hydrogens (tertiary/aromatic N) is 2. The molecule has 2 aromatic carbocycles. The smallest absolute Gasteiger partial charge is 0.253 e. The lowest BCUT2D eigenvalue weighted by Crippen LogP contribution is -2.48. The molecule has 152 valence electrons. The summed E-state index contributed by atoms with van der Waals surface area (Å²) in [6, 6.07) is 20.0. The molecule has 0 aliphatic carbocycles. The molecule has 0 bridgehead atoms. The fourth-order valence-corrected chi connectivity index (χ4v) is 4.69. The second-order valence-electron chi connectivity index (χ2n) is 8.41. The van der Waals surface area contributed by atoms with Crippen LogP contribution in [0.25, 0.3) is 0 Å². The van der Waals surface area contributed by atoms with E-state index < -0.39 is 0 Å². The van der Waals surface area contributed by atoms with Gasteiger partial charge >= 0.3 is 0 Å². The molecule has 2 saturated heterocycles. The maximum atomic E-state index is 13.1. The van der Waals surface area contributed by atoms with Gasteiger partial charge < -0.3 is 9.80 Å². The van der Waals surface area contributed by atoms with Crippen molar-refractivity contribution in [3.63, 3.8) is 0 Å². The van der Waals surface area contributed by atoms with E-state index in [1.807, 2.05) is 40.1 Å². The molecular weight excluding hydrogens is 360 g/mol. The van der Waals surface area contributed by atoms with Gasteiger partial charge in [-0.1, -0.05) is 48.5 Å². The van der Waals surface area contributed by atoms with Crippen molar-refractivity contribution in [2.45, 2.75) is 32.1 Å². The van der Waals surface area contributed by atoms with Gasteiger partial charge in [0.1, 0.15) is 0 Å². The molecule has 1 unspecified atom stereocenters. The number of hydrogen-bond donors (Lipinski definition) is 0. The van der Waals surface area contributed by atoms with E-state index in [0.29, 0.717) is 18.0 Å². The van der Waals surface area contributed by atoms with Crippen LogP contribution in [0.1, 0.15) is 41.6 Å². The Hall–Kier alpha value is -2.62. The second kappa shape index (κ2) is 9.25. The van der Waals surface area contributed by atoms with Crippen LogP contribution in [0.4, 0.5) is 0 Å². The average molecular weight is 391 g/mol. The molecule has 0 spiro atoms. The van der Waals surface area contributed by atoms with E-state index in [1.54, 1.807) is 0 Å². The molecule has 0 saturated carbocycles. The first-order chi connectivity index (χ1) is 14.2. The van der Waals surface area contributed by atoms with Crippen molar-refractivity contribution in [1.29, 1.82) is 0 Å². The predicted octanol–water partition coefficient (Wildman–Crippen LogP) is 4.02. The summed E-state index contributed by atoms with van der Waals surface area (Å²) in [5.74, 6) is 0.893. The average Bonchev–Trinajstić information content (AvgIpc) is 2.80. The molecule has 4 heteroatoms. The van der Waals surface area contributed by atoms with Crippen LogP contribution in [-0.4, -0.2) is 47.8 Å². The van der Waals surface area contributed by atoms with Crippen LogP contribution >= 0.6 is 0 Å². The standard InChI is InChI=1S/C25H30N2O2/c28-24(22-10-5-2-6-11-22)27-15-7-12-23(19-27)25(29)26-16-13-21(14-17-26)18-20-8-3-1-4-9-20/h1-6,8-11,21,23H,7,12-19H2. The Labute approximate surface area is 173 Å². The van der Waals surface area contributed by atoms with E-state index in [0.717, 1.165) is 51.7 Å². The van der Waals surface area contributed by atoms with Gasteiger partial charge in [0.2, 0.25) is 5.91 Å². The highest BCUT2D eigenvalue weighted by Gasteiger charge is 2.33. The summed E-state index contributed by atoms with van der Waals surface area (Å²) in [6.07, 6.45) is 5.03. The third-order valence-electron chi connectivity index (χ3n) is 6.37. The molecular formula is C25H30N2O2. The Morgan fingerprint density at radius 1 is 0.793 bits per heavy atom. The van der Waals surface area contributed by atoms with E-state index >= 15 is 0 Å². The molecule has 0 aromatic heterocycles. The number of hydrogen-bond acceptors (Lipinski definition) is 2. The van der Waals surface area contributed by atoms with E-state index in [1.165, 1.54) is 5.56 Å². The Kier molecular flexibility index (Phi) is 6.28. The van der Waals surface area contributed by atoms with Gasteiger partial charge in [-0.2, -0.15) is 0 Å². The zero-order valence-electron chi connectivity index (χ0n) is 17.0. The third-order valence-corrected chi connectivity index (χ3v) is 6.37. The highest BCUT2D eigenvalue weighted by molar-refractivity contribution is 5.94. The minimum absolute atomic E-state index is 0.0460. The SMILES string of the molecule is O=C(c1ccccc1)N1CCCC(C(=O)N2CCC(Cc3ccccc3)CC2)C1. The molecule has 1 atom stereocenters. The number of piperidine rings is 2. The van der Waals surface area contributed by atoms with Crippen LogP contribution in [-0.2, 0) is 11.2 Å². The summed E-state index contributed by atoms with van der Waals surface area (Å²) in [4.78, 5) is 29.8. The van der Waals surface area contributed by atoms with Crippen LogP contribution in [0, 0.1) is 11.8 Å². The van der Waals surface area contributed by atoms with Crippen molar-refractivity contribution in [2.75, 3.05) is 26.2 Å². The topological polar surface area (TPSA) is 40.6 Å². The molecule has 0 N–H and O–H groups in total. The minimum atomic E-state index is -0.0536. The van der Waals surface area contributed by atoms with Crippen LogP contribution in [0.5, 0.6) is 0 Å². The van der Waals surface area contributed by atoms with Crippen molar-refractivity contribution >= 4 is 11.8 Å². The molecule has 2 aliphatic rings. The first-order valence-corrected chi connectivity index (χ1v) is 10.9. The van der Waals surface area contributed by atoms with Crippen molar-refractivity contribution in [3.8, 4) is 0 Å². The maximum absolute atomic E-state index is 13.1. The fourth-order valence-electron chi connectivity index (χ4n) is 4.69. The number of amides is 2. The summed E-state index contributed by atoms with van der Waals surface area (Å²) in [6.45, 7) is 2.99. The largest absolute Gasteiger partial charge is 0.342 e. The molecule has 4 rings (SSSR count). The van der Waals surface area contributed by atoms with Gasteiger partial charge in [-0.05, 0) is 55.7 Å². The molecule has 2 aromatic rings. The number of carbonyl (C=O) groups is 2. The minimum Gasteiger partial charge on any atom is -0.342 e. The molecule has 0 radical (unpaired) electrons. The van der Waals surface area contributed by atoms with Crippen LogP contribution in [0.15, 0.2) is 60.7 Å². The van der Waals surface area contributed by atoms with Gasteiger partial charge in [0.25, 0.3) is 5.91 Å². The highest BCUT2D eigenvalue weighted by Crippen LogP contribution is 2.26. The summed E-state index contributed by atoms with van der Waals surface area (Å²) in [5.41, 5.74) is 2.10. The molecule has 2 aliphatic heterocycles. The lowest BCUT2D eigenvalue weighted by Gasteiger charge is -2.38. The summed E-state index contributed by atoms with van der Waals surface area (Å²) in [7, 11) is 0. The van der Waals surface area contributed by atoms with Crippen molar-refractivity contribution < 1.29 is 9.59 Å². The normalized spacial score (nSPS) is 20.5. The summed E-state index contributed by atoms with van der Waals surface area (Å²) in [5, 5.41) is 0. The number of carbonyl (C=O) groups excluding carboxylic acids is 2. The van der Waals surface area contributed by atoms with E-state index in [2.05, 4.69) is 30.3 Å². The Morgan fingerprint density at radius 3 is 2.14 bits per heavy atom. The third kappa shape index (κ3) is 4.87. The van der Waals surface area contributed by atoms with Crippen LogP contribution in [0.3, 0.4) is 0 Å². The Balaban J connectivity index is 1.30. The molecule has 2 heterocycles. The predicted molar refractivity (Wildman–Crippen MR) is 115 cm³/mol. The van der Waals surface area contributed by atoms with E-state index in [4.69, 9.17) is 0 Å². The van der Waals surface area contributed by atoms with Crippen LogP contribution < -0.4 is 0 Å². The van der Waals surface area contributed by atoms with Crippen molar-refractivity contribution in [3.05, 3.63) is 71.8 Å². The zero-order valence-corrected chi connectivity index (χ0v) is 17.0. The lowest BCUT2D eigenvalue weighted by molar-refractivity contribution is -0.138. The first kappa shape index (κ1) is 19.7. The summed E-state index contributed by atoms with van der Waals surface area (Å²) >= 11 is 0. The quantitative estimate of drug-likeness (QED) is 0.791. The van der Waals surface area contributed by atoms with Gasteiger partial charge in [0.15, 0.2) is 0 Å². The Morgan fingerprint density at radius 2 is 1.45 bits per heavy atom. The molecule has 29 heavy (non-hydrogen) atoms. The molecule has 4 nitrogen and oxygen atoms in total. The Bertz CT molecular complexity index is 813. The fraction of sp³-hybridized carbons (Fsp3) is 0.440. The van der Waals surface area contributed by atoms with Gasteiger partial charge in [-0.25, -0.2) is 0 Å². The maximum Gasteiger partial charge on any atom is 0.253 e. The number of likely N-dealkylation sites (tertiary alicyclic amines) is 2. The van der Waals surface area contributed by atoms with Gasteiger partial charge in [0.05, 0.1) is 5.92 Å². The van der Waals surface area contributed by atoms with Crippen molar-refractivity contribution in [1.82, 2.24) is 9.80 Å². The monoisotopic (exact) mass is 390 g/mol. The van der Waals surface area contributed by atoms with Gasteiger partial charge in [-0.15, -0.1) is 0 Å². The number of benzene rings is 2. The van der Waals surface area contributed by atoms with Gasteiger partial charge in [0, 0.05) is 31.7 Å². The van der Waals surface area contributed by atoms with E-state index in [-0.39, 0.29) is 17.7 Å². The first-order valence-electron chi connectivity index (χ1n) is 10.9. The van der Waals surface area contributed by atoms with E-state index in [9.17, 15) is 9.59 Å². The second-order valence-corrected chi connectivity index (χ2v) is 8.41.